The highest BCUT2D eigenvalue weighted by Gasteiger charge is 2.17. The van der Waals surface area contributed by atoms with Crippen LogP contribution in [0.5, 0.6) is 0 Å². The Kier molecular flexibility index (Phi) is 4.92. The summed E-state index contributed by atoms with van der Waals surface area (Å²) in [6.45, 7) is 2.49. The molecule has 0 unspecified atom stereocenters. The van der Waals surface area contributed by atoms with Crippen molar-refractivity contribution in [2.75, 3.05) is 17.2 Å². The van der Waals surface area contributed by atoms with Crippen molar-refractivity contribution in [1.29, 1.82) is 0 Å². The Morgan fingerprint density at radius 2 is 2.24 bits per heavy atom. The van der Waals surface area contributed by atoms with Crippen molar-refractivity contribution in [1.82, 2.24) is 9.97 Å². The van der Waals surface area contributed by atoms with Crippen LogP contribution in [0.4, 0.5) is 23.1 Å². The van der Waals surface area contributed by atoms with E-state index in [1.165, 1.54) is 0 Å². The fourth-order valence-corrected chi connectivity index (χ4v) is 1.98. The highest BCUT2D eigenvalue weighted by molar-refractivity contribution is 9.10. The van der Waals surface area contributed by atoms with Crippen LogP contribution in [-0.4, -0.2) is 21.4 Å². The molecule has 1 heterocycles. The Hall–Kier alpha value is -1.93. The van der Waals surface area contributed by atoms with E-state index in [1.54, 1.807) is 18.2 Å². The molecular formula is C12H11BrClN5O2. The molecule has 0 aliphatic rings. The van der Waals surface area contributed by atoms with Gasteiger partial charge in [0.2, 0.25) is 11.8 Å². The number of rotatable bonds is 5. The number of hydrogen-bond donors (Lipinski definition) is 2. The summed E-state index contributed by atoms with van der Waals surface area (Å²) in [6, 6.07) is 5.11. The van der Waals surface area contributed by atoms with E-state index in [0.29, 0.717) is 23.2 Å². The Morgan fingerprint density at radius 3 is 2.86 bits per heavy atom. The molecule has 2 rings (SSSR count). The zero-order valence-corrected chi connectivity index (χ0v) is 13.3. The molecule has 21 heavy (non-hydrogen) atoms. The molecule has 0 fully saturated rings. The first-order valence-corrected chi connectivity index (χ1v) is 7.15. The van der Waals surface area contributed by atoms with E-state index in [0.717, 1.165) is 10.7 Å². The lowest BCUT2D eigenvalue weighted by Gasteiger charge is -2.09. The van der Waals surface area contributed by atoms with Crippen LogP contribution in [0.15, 0.2) is 28.9 Å². The Labute approximate surface area is 134 Å². The number of aromatic nitrogens is 2. The van der Waals surface area contributed by atoms with Crippen molar-refractivity contribution >= 4 is 50.7 Å². The molecule has 0 spiro atoms. The molecule has 0 saturated carbocycles. The summed E-state index contributed by atoms with van der Waals surface area (Å²) in [5, 5.41) is 17.3. The van der Waals surface area contributed by atoms with Crippen LogP contribution in [0.1, 0.15) is 6.92 Å². The first-order chi connectivity index (χ1) is 10.0. The minimum atomic E-state index is -0.543. The van der Waals surface area contributed by atoms with Gasteiger partial charge in [0.1, 0.15) is 6.20 Å². The van der Waals surface area contributed by atoms with E-state index < -0.39 is 4.92 Å². The number of anilines is 3. The molecule has 0 bridgehead atoms. The van der Waals surface area contributed by atoms with E-state index in [9.17, 15) is 10.1 Å². The van der Waals surface area contributed by atoms with Gasteiger partial charge in [0.15, 0.2) is 0 Å². The summed E-state index contributed by atoms with van der Waals surface area (Å²) in [7, 11) is 0. The number of nitro groups is 1. The lowest BCUT2D eigenvalue weighted by atomic mass is 10.3. The number of nitrogens with one attached hydrogen (secondary N) is 2. The topological polar surface area (TPSA) is 93.0 Å². The van der Waals surface area contributed by atoms with Crippen molar-refractivity contribution in [2.24, 2.45) is 0 Å². The number of benzene rings is 1. The SMILES string of the molecule is CCNc1ncc([N+](=O)[O-])c(Nc2ccc(Br)c(Cl)c2)n1. The Morgan fingerprint density at radius 1 is 1.48 bits per heavy atom. The molecule has 9 heteroatoms. The predicted octanol–water partition coefficient (Wildman–Crippen LogP) is 3.98. The van der Waals surface area contributed by atoms with E-state index in [-0.39, 0.29) is 11.5 Å². The van der Waals surface area contributed by atoms with Crippen LogP contribution in [0.3, 0.4) is 0 Å². The summed E-state index contributed by atoms with van der Waals surface area (Å²) >= 11 is 9.28. The fourth-order valence-electron chi connectivity index (χ4n) is 1.55. The minimum absolute atomic E-state index is 0.101. The minimum Gasteiger partial charge on any atom is -0.354 e. The largest absolute Gasteiger partial charge is 0.354 e. The molecule has 0 aliphatic heterocycles. The number of hydrogen-bond acceptors (Lipinski definition) is 6. The van der Waals surface area contributed by atoms with Crippen LogP contribution < -0.4 is 10.6 Å². The lowest BCUT2D eigenvalue weighted by Crippen LogP contribution is -2.06. The summed E-state index contributed by atoms with van der Waals surface area (Å²) < 4.78 is 0.736. The van der Waals surface area contributed by atoms with Crippen molar-refractivity contribution < 1.29 is 4.92 Å². The second-order valence-electron chi connectivity index (χ2n) is 3.97. The Bertz CT molecular complexity index is 683. The van der Waals surface area contributed by atoms with Gasteiger partial charge in [-0.05, 0) is 41.1 Å². The van der Waals surface area contributed by atoms with Crippen LogP contribution in [0, 0.1) is 10.1 Å². The first-order valence-electron chi connectivity index (χ1n) is 5.98. The summed E-state index contributed by atoms with van der Waals surface area (Å²) in [5.74, 6) is 0.415. The monoisotopic (exact) mass is 371 g/mol. The van der Waals surface area contributed by atoms with E-state index >= 15 is 0 Å². The lowest BCUT2D eigenvalue weighted by molar-refractivity contribution is -0.384. The van der Waals surface area contributed by atoms with Crippen molar-refractivity contribution in [3.05, 3.63) is 44.0 Å². The average Bonchev–Trinajstić information content (AvgIpc) is 2.43. The van der Waals surface area contributed by atoms with Gasteiger partial charge in [0.25, 0.3) is 0 Å². The molecule has 0 saturated heterocycles. The summed E-state index contributed by atoms with van der Waals surface area (Å²) in [5.41, 5.74) is 0.378. The highest BCUT2D eigenvalue weighted by atomic mass is 79.9. The third-order valence-electron chi connectivity index (χ3n) is 2.48. The molecule has 0 amide bonds. The van der Waals surface area contributed by atoms with Gasteiger partial charge in [-0.2, -0.15) is 4.98 Å². The van der Waals surface area contributed by atoms with Crippen molar-refractivity contribution in [3.8, 4) is 0 Å². The van der Waals surface area contributed by atoms with E-state index in [4.69, 9.17) is 11.6 Å². The van der Waals surface area contributed by atoms with Crippen molar-refractivity contribution in [2.45, 2.75) is 6.92 Å². The maximum atomic E-state index is 11.0. The van der Waals surface area contributed by atoms with E-state index in [1.807, 2.05) is 6.92 Å². The predicted molar refractivity (Wildman–Crippen MR) is 85.3 cm³/mol. The van der Waals surface area contributed by atoms with Gasteiger partial charge in [-0.15, -0.1) is 0 Å². The van der Waals surface area contributed by atoms with Gasteiger partial charge in [0, 0.05) is 16.7 Å². The summed E-state index contributed by atoms with van der Waals surface area (Å²) in [4.78, 5) is 18.5. The molecule has 2 N–H and O–H groups in total. The number of halogens is 2. The molecule has 0 radical (unpaired) electrons. The standard InChI is InChI=1S/C12H11BrClN5O2/c1-2-15-12-16-6-10(19(20)21)11(18-12)17-7-3-4-8(13)9(14)5-7/h3-6H,2H2,1H3,(H2,15,16,17,18). The zero-order chi connectivity index (χ0) is 15.4. The Balaban J connectivity index is 2.37. The van der Waals surface area contributed by atoms with Gasteiger partial charge in [-0.3, -0.25) is 10.1 Å². The van der Waals surface area contributed by atoms with Gasteiger partial charge in [-0.25, -0.2) is 4.98 Å². The van der Waals surface area contributed by atoms with Gasteiger partial charge in [0.05, 0.1) is 9.95 Å². The molecule has 1 aromatic carbocycles. The van der Waals surface area contributed by atoms with Crippen LogP contribution >= 0.6 is 27.5 Å². The average molecular weight is 373 g/mol. The molecule has 7 nitrogen and oxygen atoms in total. The third-order valence-corrected chi connectivity index (χ3v) is 3.72. The van der Waals surface area contributed by atoms with E-state index in [2.05, 4.69) is 36.5 Å². The maximum Gasteiger partial charge on any atom is 0.329 e. The third kappa shape index (κ3) is 3.79. The highest BCUT2D eigenvalue weighted by Crippen LogP contribution is 2.30. The quantitative estimate of drug-likeness (QED) is 0.609. The normalized spacial score (nSPS) is 10.2. The molecule has 110 valence electrons. The summed E-state index contributed by atoms with van der Waals surface area (Å²) in [6.07, 6.45) is 1.16. The molecule has 0 atom stereocenters. The van der Waals surface area contributed by atoms with Gasteiger partial charge < -0.3 is 10.6 Å². The molecule has 1 aromatic heterocycles. The van der Waals surface area contributed by atoms with Crippen LogP contribution in [-0.2, 0) is 0 Å². The fraction of sp³-hybridized carbons (Fsp3) is 0.167. The van der Waals surface area contributed by atoms with Gasteiger partial charge in [-0.1, -0.05) is 11.6 Å². The smallest absolute Gasteiger partial charge is 0.329 e. The maximum absolute atomic E-state index is 11.0. The molecular weight excluding hydrogens is 362 g/mol. The van der Waals surface area contributed by atoms with Crippen LogP contribution in [0.25, 0.3) is 0 Å². The zero-order valence-electron chi connectivity index (χ0n) is 10.9. The van der Waals surface area contributed by atoms with Crippen molar-refractivity contribution in [3.63, 3.8) is 0 Å². The van der Waals surface area contributed by atoms with Gasteiger partial charge >= 0.3 is 5.69 Å². The van der Waals surface area contributed by atoms with Crippen LogP contribution in [0.2, 0.25) is 5.02 Å². The second-order valence-corrected chi connectivity index (χ2v) is 5.23. The number of nitrogens with zero attached hydrogens (tertiary/aromatic N) is 3. The molecule has 2 aromatic rings. The molecule has 0 aliphatic carbocycles. The first kappa shape index (κ1) is 15.5. The second kappa shape index (κ2) is 6.68.